The molecule has 2 heterocycles. The summed E-state index contributed by atoms with van der Waals surface area (Å²) in [6.45, 7) is 5.24. The first-order valence-corrected chi connectivity index (χ1v) is 8.27. The Morgan fingerprint density at radius 3 is 2.96 bits per heavy atom. The van der Waals surface area contributed by atoms with E-state index in [1.807, 2.05) is 36.9 Å². The zero-order valence-corrected chi connectivity index (χ0v) is 14.4. The quantitative estimate of drug-likeness (QED) is 0.756. The van der Waals surface area contributed by atoms with Gasteiger partial charge in [0.2, 0.25) is 5.91 Å². The highest BCUT2D eigenvalue weighted by molar-refractivity contribution is 5.78. The van der Waals surface area contributed by atoms with Crippen LogP contribution >= 0.6 is 0 Å². The Hall–Kier alpha value is -2.63. The largest absolute Gasteiger partial charge is 0.352 e. The zero-order chi connectivity index (χ0) is 17.1. The van der Waals surface area contributed by atoms with Crippen LogP contribution in [0.4, 0.5) is 0 Å². The molecule has 6 nitrogen and oxygen atoms in total. The van der Waals surface area contributed by atoms with Crippen LogP contribution in [0.5, 0.6) is 0 Å². The number of rotatable bonds is 6. The first-order valence-electron chi connectivity index (χ1n) is 8.27. The molecule has 0 radical (unpaired) electrons. The van der Waals surface area contributed by atoms with E-state index in [0.717, 1.165) is 34.7 Å². The third kappa shape index (κ3) is 3.32. The fourth-order valence-electron chi connectivity index (χ4n) is 2.84. The molecule has 0 fully saturated rings. The molecule has 0 bridgehead atoms. The van der Waals surface area contributed by atoms with Crippen molar-refractivity contribution in [2.45, 2.75) is 39.8 Å². The molecule has 0 saturated carbocycles. The van der Waals surface area contributed by atoms with Crippen molar-refractivity contribution in [2.75, 3.05) is 0 Å². The summed E-state index contributed by atoms with van der Waals surface area (Å²) in [5, 5.41) is 2.98. The highest BCUT2D eigenvalue weighted by Crippen LogP contribution is 2.16. The van der Waals surface area contributed by atoms with Gasteiger partial charge >= 0.3 is 0 Å². The fraction of sp³-hybridized carbons (Fsp3) is 0.389. The maximum atomic E-state index is 12.1. The van der Waals surface area contributed by atoms with Crippen LogP contribution in [0.2, 0.25) is 0 Å². The SMILES string of the molecule is CCc1nccn1CCC(=O)NCc1ccc2c(c1)nc(C)n2C. The van der Waals surface area contributed by atoms with Crippen LogP contribution in [0, 0.1) is 6.92 Å². The van der Waals surface area contributed by atoms with Crippen molar-refractivity contribution in [3.05, 3.63) is 47.8 Å². The van der Waals surface area contributed by atoms with Gasteiger partial charge in [-0.05, 0) is 24.6 Å². The van der Waals surface area contributed by atoms with Crippen molar-refractivity contribution in [1.82, 2.24) is 24.4 Å². The lowest BCUT2D eigenvalue weighted by molar-refractivity contribution is -0.121. The molecule has 0 aliphatic heterocycles. The third-order valence-corrected chi connectivity index (χ3v) is 4.36. The number of hydrogen-bond acceptors (Lipinski definition) is 3. The van der Waals surface area contributed by atoms with Gasteiger partial charge in [0.15, 0.2) is 0 Å². The van der Waals surface area contributed by atoms with Crippen LogP contribution in [0.25, 0.3) is 11.0 Å². The van der Waals surface area contributed by atoms with E-state index < -0.39 is 0 Å². The number of nitrogens with one attached hydrogen (secondary N) is 1. The molecular formula is C18H23N5O. The second-order valence-electron chi connectivity index (χ2n) is 5.96. The molecule has 0 spiro atoms. The Kier molecular flexibility index (Phi) is 4.64. The van der Waals surface area contributed by atoms with Crippen LogP contribution in [0.1, 0.15) is 30.6 Å². The maximum Gasteiger partial charge on any atom is 0.222 e. The first-order chi connectivity index (χ1) is 11.6. The van der Waals surface area contributed by atoms with E-state index in [9.17, 15) is 4.79 Å². The summed E-state index contributed by atoms with van der Waals surface area (Å²) in [4.78, 5) is 20.9. The molecule has 0 aliphatic rings. The number of nitrogens with zero attached hydrogens (tertiary/aromatic N) is 4. The molecule has 2 aromatic heterocycles. The molecule has 3 rings (SSSR count). The molecule has 126 valence electrons. The maximum absolute atomic E-state index is 12.1. The van der Waals surface area contributed by atoms with Crippen LogP contribution in [0.15, 0.2) is 30.6 Å². The van der Waals surface area contributed by atoms with E-state index in [4.69, 9.17) is 0 Å². The molecule has 6 heteroatoms. The molecule has 1 amide bonds. The lowest BCUT2D eigenvalue weighted by atomic mass is 10.2. The van der Waals surface area contributed by atoms with Gasteiger partial charge in [-0.15, -0.1) is 0 Å². The number of fused-ring (bicyclic) bond motifs is 1. The first kappa shape index (κ1) is 16.2. The average Bonchev–Trinajstić information content (AvgIpc) is 3.15. The second kappa shape index (κ2) is 6.86. The second-order valence-corrected chi connectivity index (χ2v) is 5.96. The number of carbonyl (C=O) groups excluding carboxylic acids is 1. The Labute approximate surface area is 141 Å². The predicted molar refractivity (Wildman–Crippen MR) is 93.5 cm³/mol. The van der Waals surface area contributed by atoms with E-state index in [0.29, 0.717) is 19.5 Å². The van der Waals surface area contributed by atoms with E-state index in [2.05, 4.69) is 32.8 Å². The molecular weight excluding hydrogens is 302 g/mol. The summed E-state index contributed by atoms with van der Waals surface area (Å²) in [6, 6.07) is 6.12. The topological polar surface area (TPSA) is 64.7 Å². The minimum atomic E-state index is 0.0445. The number of hydrogen-bond donors (Lipinski definition) is 1. The van der Waals surface area contributed by atoms with Crippen molar-refractivity contribution >= 4 is 16.9 Å². The molecule has 1 N–H and O–H groups in total. The summed E-state index contributed by atoms with van der Waals surface area (Å²) < 4.78 is 4.09. The van der Waals surface area contributed by atoms with E-state index >= 15 is 0 Å². The summed E-state index contributed by atoms with van der Waals surface area (Å²) >= 11 is 0. The minimum absolute atomic E-state index is 0.0445. The molecule has 24 heavy (non-hydrogen) atoms. The van der Waals surface area contributed by atoms with Gasteiger partial charge in [-0.3, -0.25) is 4.79 Å². The van der Waals surface area contributed by atoms with Gasteiger partial charge in [0.25, 0.3) is 0 Å². The van der Waals surface area contributed by atoms with Gasteiger partial charge in [0.05, 0.1) is 11.0 Å². The number of aryl methyl sites for hydroxylation is 4. The van der Waals surface area contributed by atoms with Crippen molar-refractivity contribution in [1.29, 1.82) is 0 Å². The Bertz CT molecular complexity index is 862. The Morgan fingerprint density at radius 2 is 2.17 bits per heavy atom. The molecule has 0 saturated heterocycles. The van der Waals surface area contributed by atoms with Gasteiger partial charge in [-0.1, -0.05) is 13.0 Å². The standard InChI is InChI=1S/C18H23N5O/c1-4-17-19-8-10-23(17)9-7-18(24)20-12-14-5-6-16-15(11-14)21-13(2)22(16)3/h5-6,8,10-11H,4,7,9,12H2,1-3H3,(H,20,24). The van der Waals surface area contributed by atoms with Crippen molar-refractivity contribution < 1.29 is 4.79 Å². The highest BCUT2D eigenvalue weighted by Gasteiger charge is 2.07. The number of imidazole rings is 2. The fourth-order valence-corrected chi connectivity index (χ4v) is 2.84. The average molecular weight is 325 g/mol. The van der Waals surface area contributed by atoms with Gasteiger partial charge in [0.1, 0.15) is 11.6 Å². The van der Waals surface area contributed by atoms with E-state index in [1.165, 1.54) is 0 Å². The number of carbonyl (C=O) groups is 1. The summed E-state index contributed by atoms with van der Waals surface area (Å²) in [6.07, 6.45) is 5.02. The molecule has 1 aromatic carbocycles. The van der Waals surface area contributed by atoms with Crippen LogP contribution < -0.4 is 5.32 Å². The lowest BCUT2D eigenvalue weighted by Gasteiger charge is -2.08. The van der Waals surface area contributed by atoms with Crippen molar-refractivity contribution in [3.8, 4) is 0 Å². The van der Waals surface area contributed by atoms with Crippen LogP contribution in [-0.2, 0) is 31.4 Å². The lowest BCUT2D eigenvalue weighted by Crippen LogP contribution is -2.24. The van der Waals surface area contributed by atoms with Gasteiger partial charge in [-0.25, -0.2) is 9.97 Å². The zero-order valence-electron chi connectivity index (χ0n) is 14.4. The summed E-state index contributed by atoms with van der Waals surface area (Å²) in [7, 11) is 2.01. The summed E-state index contributed by atoms with van der Waals surface area (Å²) in [5.74, 6) is 2.04. The van der Waals surface area contributed by atoms with Crippen molar-refractivity contribution in [3.63, 3.8) is 0 Å². The molecule has 0 unspecified atom stereocenters. The minimum Gasteiger partial charge on any atom is -0.352 e. The van der Waals surface area contributed by atoms with Crippen molar-refractivity contribution in [2.24, 2.45) is 7.05 Å². The number of aromatic nitrogens is 4. The summed E-state index contributed by atoms with van der Waals surface area (Å²) in [5.41, 5.74) is 3.13. The van der Waals surface area contributed by atoms with Gasteiger partial charge in [0, 0.05) is 45.4 Å². The molecule has 3 aromatic rings. The van der Waals surface area contributed by atoms with Crippen LogP contribution in [-0.4, -0.2) is 25.0 Å². The van der Waals surface area contributed by atoms with Gasteiger partial charge in [-0.2, -0.15) is 0 Å². The number of benzene rings is 1. The Balaban J connectivity index is 1.56. The van der Waals surface area contributed by atoms with E-state index in [1.54, 1.807) is 6.20 Å². The van der Waals surface area contributed by atoms with Crippen LogP contribution in [0.3, 0.4) is 0 Å². The molecule has 0 atom stereocenters. The monoisotopic (exact) mass is 325 g/mol. The van der Waals surface area contributed by atoms with E-state index in [-0.39, 0.29) is 5.91 Å². The normalized spacial score (nSPS) is 11.1. The predicted octanol–water partition coefficient (Wildman–Crippen LogP) is 2.35. The highest BCUT2D eigenvalue weighted by atomic mass is 16.1. The number of amides is 1. The van der Waals surface area contributed by atoms with Gasteiger partial charge < -0.3 is 14.5 Å². The molecule has 0 aliphatic carbocycles. The Morgan fingerprint density at radius 1 is 1.33 bits per heavy atom. The third-order valence-electron chi connectivity index (χ3n) is 4.36. The smallest absolute Gasteiger partial charge is 0.222 e.